The fourth-order valence-corrected chi connectivity index (χ4v) is 2.31. The second-order valence-electron chi connectivity index (χ2n) is 3.80. The van der Waals surface area contributed by atoms with E-state index in [9.17, 15) is 4.79 Å². The van der Waals surface area contributed by atoms with E-state index in [-0.39, 0.29) is 5.91 Å². The van der Waals surface area contributed by atoms with Crippen LogP contribution in [0.5, 0.6) is 0 Å². The van der Waals surface area contributed by atoms with Gasteiger partial charge in [0.25, 0.3) is 0 Å². The van der Waals surface area contributed by atoms with Crippen molar-refractivity contribution in [1.29, 1.82) is 0 Å². The third-order valence-electron chi connectivity index (χ3n) is 2.48. The van der Waals surface area contributed by atoms with Crippen molar-refractivity contribution in [2.24, 2.45) is 5.73 Å². The molecule has 1 aliphatic carbocycles. The molecule has 0 unspecified atom stereocenters. The minimum atomic E-state index is 0.111. The zero-order chi connectivity index (χ0) is 9.97. The third kappa shape index (κ3) is 2.33. The summed E-state index contributed by atoms with van der Waals surface area (Å²) in [6.07, 6.45) is 2.35. The molecule has 2 rings (SSSR count). The number of hydrogen-bond donors (Lipinski definition) is 2. The molecule has 3 nitrogen and oxygen atoms in total. The molecule has 14 heavy (non-hydrogen) atoms. The van der Waals surface area contributed by atoms with Crippen molar-refractivity contribution < 1.29 is 4.79 Å². The van der Waals surface area contributed by atoms with E-state index >= 15 is 0 Å². The quantitative estimate of drug-likeness (QED) is 0.778. The molecule has 0 spiro atoms. The van der Waals surface area contributed by atoms with E-state index in [1.165, 1.54) is 0 Å². The first kappa shape index (κ1) is 9.68. The summed E-state index contributed by atoms with van der Waals surface area (Å²) in [6, 6.07) is 2.59. The summed E-state index contributed by atoms with van der Waals surface area (Å²) in [4.78, 5) is 11.5. The Labute approximate surface area is 87.3 Å². The van der Waals surface area contributed by atoms with Crippen molar-refractivity contribution in [2.75, 3.05) is 0 Å². The smallest absolute Gasteiger partial charge is 0.224 e. The molecule has 1 saturated carbocycles. The van der Waals surface area contributed by atoms with Crippen LogP contribution in [-0.2, 0) is 11.2 Å². The molecule has 0 radical (unpaired) electrons. The van der Waals surface area contributed by atoms with Crippen molar-refractivity contribution in [3.63, 3.8) is 0 Å². The highest BCUT2D eigenvalue weighted by Crippen LogP contribution is 2.17. The number of carbonyl (C=O) groups excluding carboxylic acids is 1. The van der Waals surface area contributed by atoms with Crippen LogP contribution in [0.15, 0.2) is 16.8 Å². The average Bonchev–Trinajstić information content (AvgIpc) is 2.54. The zero-order valence-electron chi connectivity index (χ0n) is 7.90. The molecule has 3 N–H and O–H groups in total. The van der Waals surface area contributed by atoms with Crippen LogP contribution < -0.4 is 11.1 Å². The normalized spacial score (nSPS) is 25.5. The van der Waals surface area contributed by atoms with Crippen LogP contribution in [0.25, 0.3) is 0 Å². The SMILES string of the molecule is NC1CC(NC(=O)Cc2ccsc2)C1. The minimum absolute atomic E-state index is 0.111. The van der Waals surface area contributed by atoms with Gasteiger partial charge in [0.2, 0.25) is 5.91 Å². The van der Waals surface area contributed by atoms with Gasteiger partial charge in [0.1, 0.15) is 0 Å². The van der Waals surface area contributed by atoms with E-state index in [4.69, 9.17) is 5.73 Å². The summed E-state index contributed by atoms with van der Waals surface area (Å²) in [5.74, 6) is 0.111. The molecule has 1 heterocycles. The van der Waals surface area contributed by atoms with E-state index in [2.05, 4.69) is 5.32 Å². The summed E-state index contributed by atoms with van der Waals surface area (Å²) in [6.45, 7) is 0. The van der Waals surface area contributed by atoms with Gasteiger partial charge in [-0.2, -0.15) is 11.3 Å². The van der Waals surface area contributed by atoms with Crippen LogP contribution in [-0.4, -0.2) is 18.0 Å². The predicted molar refractivity (Wildman–Crippen MR) is 57.2 cm³/mol. The highest BCUT2D eigenvalue weighted by Gasteiger charge is 2.26. The van der Waals surface area contributed by atoms with Gasteiger partial charge in [0, 0.05) is 12.1 Å². The van der Waals surface area contributed by atoms with E-state index in [0.717, 1.165) is 18.4 Å². The van der Waals surface area contributed by atoms with Gasteiger partial charge in [-0.3, -0.25) is 4.79 Å². The molecule has 1 amide bonds. The number of rotatable bonds is 3. The maximum Gasteiger partial charge on any atom is 0.224 e. The highest BCUT2D eigenvalue weighted by atomic mass is 32.1. The second kappa shape index (κ2) is 4.11. The Hall–Kier alpha value is -0.870. The standard InChI is InChI=1S/C10H14N2OS/c11-8-4-9(5-8)12-10(13)3-7-1-2-14-6-7/h1-2,6,8-9H,3-5,11H2,(H,12,13). The molecule has 1 aromatic heterocycles. The first-order valence-electron chi connectivity index (χ1n) is 4.80. The molecule has 0 aromatic carbocycles. The first-order valence-corrected chi connectivity index (χ1v) is 5.74. The Morgan fingerprint density at radius 3 is 3.00 bits per heavy atom. The lowest BCUT2D eigenvalue weighted by atomic mass is 9.87. The van der Waals surface area contributed by atoms with Crippen molar-refractivity contribution in [3.8, 4) is 0 Å². The molecule has 0 atom stereocenters. The predicted octanol–water partition coefficient (Wildman–Crippen LogP) is 0.896. The van der Waals surface area contributed by atoms with Crippen molar-refractivity contribution in [1.82, 2.24) is 5.32 Å². The minimum Gasteiger partial charge on any atom is -0.353 e. The maximum atomic E-state index is 11.5. The van der Waals surface area contributed by atoms with E-state index in [1.54, 1.807) is 11.3 Å². The number of carbonyl (C=O) groups is 1. The van der Waals surface area contributed by atoms with Gasteiger partial charge in [-0.1, -0.05) is 0 Å². The number of nitrogens with two attached hydrogens (primary N) is 1. The van der Waals surface area contributed by atoms with Crippen LogP contribution >= 0.6 is 11.3 Å². The molecule has 1 aliphatic rings. The third-order valence-corrected chi connectivity index (χ3v) is 3.22. The zero-order valence-corrected chi connectivity index (χ0v) is 8.72. The molecule has 1 aromatic rings. The number of hydrogen-bond acceptors (Lipinski definition) is 3. The Bertz CT molecular complexity index is 304. The van der Waals surface area contributed by atoms with E-state index in [0.29, 0.717) is 18.5 Å². The molecule has 0 bridgehead atoms. The maximum absolute atomic E-state index is 11.5. The number of amides is 1. The van der Waals surface area contributed by atoms with Crippen LogP contribution in [0.4, 0.5) is 0 Å². The van der Waals surface area contributed by atoms with Crippen LogP contribution in [0, 0.1) is 0 Å². The summed E-state index contributed by atoms with van der Waals surface area (Å²) in [5, 5.41) is 6.96. The first-order chi connectivity index (χ1) is 6.74. The molecule has 4 heteroatoms. The van der Waals surface area contributed by atoms with Crippen molar-refractivity contribution >= 4 is 17.2 Å². The van der Waals surface area contributed by atoms with Gasteiger partial charge in [0.05, 0.1) is 6.42 Å². The Kier molecular flexibility index (Phi) is 2.84. The molecule has 76 valence electrons. The van der Waals surface area contributed by atoms with Crippen molar-refractivity contribution in [3.05, 3.63) is 22.4 Å². The lowest BCUT2D eigenvalue weighted by Gasteiger charge is -2.32. The molecule has 0 aliphatic heterocycles. The summed E-state index contributed by atoms with van der Waals surface area (Å²) >= 11 is 1.62. The van der Waals surface area contributed by atoms with Crippen LogP contribution in [0.1, 0.15) is 18.4 Å². The molecule has 0 saturated heterocycles. The fraction of sp³-hybridized carbons (Fsp3) is 0.500. The van der Waals surface area contributed by atoms with Gasteiger partial charge >= 0.3 is 0 Å². The average molecular weight is 210 g/mol. The number of nitrogens with one attached hydrogen (secondary N) is 1. The Balaban J connectivity index is 1.74. The molecular formula is C10H14N2OS. The van der Waals surface area contributed by atoms with Gasteiger partial charge in [-0.25, -0.2) is 0 Å². The topological polar surface area (TPSA) is 55.1 Å². The Morgan fingerprint density at radius 1 is 1.64 bits per heavy atom. The highest BCUT2D eigenvalue weighted by molar-refractivity contribution is 7.07. The second-order valence-corrected chi connectivity index (χ2v) is 4.58. The Morgan fingerprint density at radius 2 is 2.43 bits per heavy atom. The molecular weight excluding hydrogens is 196 g/mol. The summed E-state index contributed by atoms with van der Waals surface area (Å²) in [7, 11) is 0. The van der Waals surface area contributed by atoms with Gasteiger partial charge in [0.15, 0.2) is 0 Å². The van der Waals surface area contributed by atoms with Gasteiger partial charge in [-0.05, 0) is 35.2 Å². The van der Waals surface area contributed by atoms with Crippen LogP contribution in [0.2, 0.25) is 0 Å². The van der Waals surface area contributed by atoms with Crippen molar-refractivity contribution in [2.45, 2.75) is 31.3 Å². The lowest BCUT2D eigenvalue weighted by Crippen LogP contribution is -2.50. The van der Waals surface area contributed by atoms with Crippen LogP contribution in [0.3, 0.4) is 0 Å². The molecule has 1 fully saturated rings. The number of thiophene rings is 1. The summed E-state index contributed by atoms with van der Waals surface area (Å²) in [5.41, 5.74) is 6.72. The fourth-order valence-electron chi connectivity index (χ4n) is 1.64. The largest absolute Gasteiger partial charge is 0.353 e. The van der Waals surface area contributed by atoms with Gasteiger partial charge < -0.3 is 11.1 Å². The summed E-state index contributed by atoms with van der Waals surface area (Å²) < 4.78 is 0. The van der Waals surface area contributed by atoms with Gasteiger partial charge in [-0.15, -0.1) is 0 Å². The lowest BCUT2D eigenvalue weighted by molar-refractivity contribution is -0.121. The monoisotopic (exact) mass is 210 g/mol. The van der Waals surface area contributed by atoms with E-state index in [1.807, 2.05) is 16.8 Å². The van der Waals surface area contributed by atoms with E-state index < -0.39 is 0 Å².